The first-order chi connectivity index (χ1) is 12.9. The highest BCUT2D eigenvalue weighted by Gasteiger charge is 2.35. The largest absolute Gasteiger partial charge is 0.493 e. The predicted molar refractivity (Wildman–Crippen MR) is 126 cm³/mol. The van der Waals surface area contributed by atoms with Crippen LogP contribution in [0, 0.1) is 11.3 Å². The molecule has 1 aromatic carbocycles. The fourth-order valence-electron chi connectivity index (χ4n) is 3.57. The van der Waals surface area contributed by atoms with Crippen molar-refractivity contribution in [3.05, 3.63) is 18.2 Å². The average molecular weight is 505 g/mol. The number of methoxy groups -OCH3 is 1. The third-order valence-electron chi connectivity index (χ3n) is 4.78. The van der Waals surface area contributed by atoms with E-state index in [1.807, 2.05) is 25.1 Å². The number of aliphatic imine (C=N–C) groups is 1. The summed E-state index contributed by atoms with van der Waals surface area (Å²) in [5.74, 6) is 2.64. The van der Waals surface area contributed by atoms with E-state index in [-0.39, 0.29) is 35.5 Å². The van der Waals surface area contributed by atoms with E-state index in [2.05, 4.69) is 36.4 Å². The summed E-state index contributed by atoms with van der Waals surface area (Å²) in [6.45, 7) is 11.0. The number of hydrogen-bond donors (Lipinski definition) is 2. The number of guanidine groups is 1. The summed E-state index contributed by atoms with van der Waals surface area (Å²) in [7, 11) is 3.42. The van der Waals surface area contributed by atoms with Crippen molar-refractivity contribution in [1.29, 1.82) is 0 Å². The van der Waals surface area contributed by atoms with Gasteiger partial charge in [0, 0.05) is 37.9 Å². The van der Waals surface area contributed by atoms with Crippen LogP contribution >= 0.6 is 24.0 Å². The predicted octanol–water partition coefficient (Wildman–Crippen LogP) is 4.54. The molecule has 2 atom stereocenters. The molecule has 1 heterocycles. The molecule has 7 heteroatoms. The van der Waals surface area contributed by atoms with Crippen LogP contribution in [0.1, 0.15) is 40.5 Å². The van der Waals surface area contributed by atoms with E-state index in [0.717, 1.165) is 37.0 Å². The maximum atomic E-state index is 6.07. The average Bonchev–Trinajstić information content (AvgIpc) is 2.65. The van der Waals surface area contributed by atoms with Crippen molar-refractivity contribution in [3.8, 4) is 11.5 Å². The van der Waals surface area contributed by atoms with Gasteiger partial charge in [-0.05, 0) is 37.3 Å². The molecule has 1 saturated heterocycles. The van der Waals surface area contributed by atoms with Gasteiger partial charge in [-0.2, -0.15) is 0 Å². The highest BCUT2D eigenvalue weighted by Crippen LogP contribution is 2.34. The second-order valence-electron chi connectivity index (χ2n) is 7.94. The van der Waals surface area contributed by atoms with Crippen LogP contribution in [0.3, 0.4) is 0 Å². The Balaban J connectivity index is 0.00000392. The number of nitrogens with zero attached hydrogens (tertiary/aromatic N) is 1. The molecule has 6 nitrogen and oxygen atoms in total. The Labute approximate surface area is 186 Å². The van der Waals surface area contributed by atoms with Gasteiger partial charge in [0.05, 0.1) is 19.8 Å². The molecular weight excluding hydrogens is 469 g/mol. The third-order valence-corrected chi connectivity index (χ3v) is 4.78. The summed E-state index contributed by atoms with van der Waals surface area (Å²) in [5.41, 5.74) is 1.03. The Kier molecular flexibility index (Phi) is 10.4. The summed E-state index contributed by atoms with van der Waals surface area (Å²) in [5, 5.41) is 6.78. The summed E-state index contributed by atoms with van der Waals surface area (Å²) in [6.07, 6.45) is 2.53. The minimum atomic E-state index is 0. The number of hydrogen-bond acceptors (Lipinski definition) is 4. The Morgan fingerprint density at radius 1 is 1.29 bits per heavy atom. The lowest BCUT2D eigenvalue weighted by Gasteiger charge is -2.40. The minimum Gasteiger partial charge on any atom is -0.493 e. The van der Waals surface area contributed by atoms with E-state index < -0.39 is 0 Å². The molecule has 1 aliphatic heterocycles. The van der Waals surface area contributed by atoms with E-state index >= 15 is 0 Å². The van der Waals surface area contributed by atoms with E-state index in [0.29, 0.717) is 18.3 Å². The van der Waals surface area contributed by atoms with Gasteiger partial charge in [0.1, 0.15) is 0 Å². The van der Waals surface area contributed by atoms with Crippen LogP contribution < -0.4 is 20.1 Å². The second kappa shape index (κ2) is 11.7. The lowest BCUT2D eigenvalue weighted by molar-refractivity contribution is -0.0835. The van der Waals surface area contributed by atoms with Gasteiger partial charge < -0.3 is 24.8 Å². The van der Waals surface area contributed by atoms with Crippen LogP contribution in [0.25, 0.3) is 0 Å². The standard InChI is InChI=1S/C21H35N3O3.HI/c1-7-26-17-11-10-16(13-18(17)25-6)24-20(22-5)23-14-15-9-8-12-27-19(15)21(2,3)4;/h10-11,13,15,19H,7-9,12,14H2,1-6H3,(H2,22,23,24);1H. The van der Waals surface area contributed by atoms with Gasteiger partial charge in [-0.1, -0.05) is 20.8 Å². The van der Waals surface area contributed by atoms with Crippen LogP contribution in [-0.4, -0.2) is 46.0 Å². The molecule has 1 aromatic rings. The first kappa shape index (κ1) is 24.8. The molecule has 0 saturated carbocycles. The number of anilines is 1. The van der Waals surface area contributed by atoms with Crippen molar-refractivity contribution in [1.82, 2.24) is 5.32 Å². The zero-order chi connectivity index (χ0) is 19.9. The molecule has 0 amide bonds. The Morgan fingerprint density at radius 2 is 2.04 bits per heavy atom. The number of rotatable bonds is 6. The molecule has 1 aliphatic rings. The van der Waals surface area contributed by atoms with Gasteiger partial charge >= 0.3 is 0 Å². The minimum absolute atomic E-state index is 0. The van der Waals surface area contributed by atoms with Crippen LogP contribution in [0.15, 0.2) is 23.2 Å². The van der Waals surface area contributed by atoms with E-state index in [4.69, 9.17) is 14.2 Å². The monoisotopic (exact) mass is 505 g/mol. The SMILES string of the molecule is CCOc1ccc(NC(=NC)NCC2CCCOC2C(C)(C)C)cc1OC.I. The van der Waals surface area contributed by atoms with Gasteiger partial charge in [0.2, 0.25) is 0 Å². The molecule has 0 spiro atoms. The number of nitrogens with one attached hydrogen (secondary N) is 2. The van der Waals surface area contributed by atoms with Crippen LogP contribution in [-0.2, 0) is 4.74 Å². The molecule has 0 bridgehead atoms. The Morgan fingerprint density at radius 3 is 2.64 bits per heavy atom. The van der Waals surface area contributed by atoms with E-state index in [1.54, 1.807) is 14.2 Å². The fourth-order valence-corrected chi connectivity index (χ4v) is 3.57. The van der Waals surface area contributed by atoms with Crippen molar-refractivity contribution in [2.24, 2.45) is 16.3 Å². The van der Waals surface area contributed by atoms with Crippen LogP contribution in [0.5, 0.6) is 11.5 Å². The molecule has 2 unspecified atom stereocenters. The lowest BCUT2D eigenvalue weighted by Crippen LogP contribution is -2.46. The quantitative estimate of drug-likeness (QED) is 0.338. The number of ether oxygens (including phenoxy) is 3. The van der Waals surface area contributed by atoms with Crippen molar-refractivity contribution < 1.29 is 14.2 Å². The number of halogens is 1. The van der Waals surface area contributed by atoms with Crippen molar-refractivity contribution in [2.45, 2.75) is 46.6 Å². The Hall–Kier alpha value is -1.22. The molecule has 1 fully saturated rings. The van der Waals surface area contributed by atoms with Gasteiger partial charge in [-0.25, -0.2) is 0 Å². The van der Waals surface area contributed by atoms with Crippen LogP contribution in [0.4, 0.5) is 5.69 Å². The number of benzene rings is 1. The zero-order valence-electron chi connectivity index (χ0n) is 18.0. The summed E-state index contributed by atoms with van der Waals surface area (Å²) in [6, 6.07) is 5.78. The summed E-state index contributed by atoms with van der Waals surface area (Å²) in [4.78, 5) is 4.35. The molecule has 0 radical (unpaired) electrons. The molecule has 160 valence electrons. The maximum absolute atomic E-state index is 6.07. The highest BCUT2D eigenvalue weighted by atomic mass is 127. The van der Waals surface area contributed by atoms with E-state index in [9.17, 15) is 0 Å². The second-order valence-corrected chi connectivity index (χ2v) is 7.94. The topological polar surface area (TPSA) is 64.1 Å². The van der Waals surface area contributed by atoms with Crippen LogP contribution in [0.2, 0.25) is 0 Å². The third kappa shape index (κ3) is 6.99. The van der Waals surface area contributed by atoms with Crippen molar-refractivity contribution >= 4 is 35.6 Å². The first-order valence-electron chi connectivity index (χ1n) is 9.79. The lowest BCUT2D eigenvalue weighted by atomic mass is 9.78. The van der Waals surface area contributed by atoms with Gasteiger partial charge in [-0.3, -0.25) is 4.99 Å². The van der Waals surface area contributed by atoms with Gasteiger partial charge in [-0.15, -0.1) is 24.0 Å². The summed E-state index contributed by atoms with van der Waals surface area (Å²) < 4.78 is 17.1. The highest BCUT2D eigenvalue weighted by molar-refractivity contribution is 14.0. The maximum Gasteiger partial charge on any atom is 0.195 e. The normalized spacial score (nSPS) is 20.1. The molecule has 0 aliphatic carbocycles. The summed E-state index contributed by atoms with van der Waals surface area (Å²) >= 11 is 0. The molecule has 0 aromatic heterocycles. The smallest absolute Gasteiger partial charge is 0.195 e. The van der Waals surface area contributed by atoms with Crippen molar-refractivity contribution in [3.63, 3.8) is 0 Å². The molecule has 2 rings (SSSR count). The first-order valence-corrected chi connectivity index (χ1v) is 9.79. The Bertz CT molecular complexity index is 632. The molecule has 28 heavy (non-hydrogen) atoms. The fraction of sp³-hybridized carbons (Fsp3) is 0.667. The van der Waals surface area contributed by atoms with Gasteiger partial charge in [0.25, 0.3) is 0 Å². The van der Waals surface area contributed by atoms with Gasteiger partial charge in [0.15, 0.2) is 17.5 Å². The molecular formula is C21H36IN3O3. The zero-order valence-corrected chi connectivity index (χ0v) is 20.3. The van der Waals surface area contributed by atoms with Crippen molar-refractivity contribution in [2.75, 3.05) is 39.2 Å². The molecule has 2 N–H and O–H groups in total. The van der Waals surface area contributed by atoms with E-state index in [1.165, 1.54) is 6.42 Å².